The molecule has 1 aliphatic heterocycles. The summed E-state index contributed by atoms with van der Waals surface area (Å²) >= 11 is 0. The molecule has 4 rings (SSSR count). The lowest BCUT2D eigenvalue weighted by molar-refractivity contribution is -0.117. The van der Waals surface area contributed by atoms with Gasteiger partial charge >= 0.3 is 0 Å². The van der Waals surface area contributed by atoms with Gasteiger partial charge in [0.25, 0.3) is 0 Å². The average molecular weight is 369 g/mol. The standard InChI is InChI=1S/C20H27N5O2/c26-18-8-4-3-7-17(18)24-13-11-23(12-14-24)15-20(27)22-19-9-10-21-25(19)16-5-1-2-6-16/h3-4,7-10,16,26H,1-2,5-6,11-15H2,(H,22,27). The van der Waals surface area contributed by atoms with Crippen molar-refractivity contribution >= 4 is 17.4 Å². The molecule has 1 saturated heterocycles. The topological polar surface area (TPSA) is 73.6 Å². The van der Waals surface area contributed by atoms with E-state index >= 15 is 0 Å². The normalized spacial score (nSPS) is 18.7. The number of piperazine rings is 1. The van der Waals surface area contributed by atoms with Gasteiger partial charge in [0.1, 0.15) is 11.6 Å². The molecular formula is C20H27N5O2. The van der Waals surface area contributed by atoms with Crippen LogP contribution in [0.3, 0.4) is 0 Å². The van der Waals surface area contributed by atoms with E-state index in [1.165, 1.54) is 12.8 Å². The number of amides is 1. The first kappa shape index (κ1) is 17.9. The highest BCUT2D eigenvalue weighted by Crippen LogP contribution is 2.31. The molecule has 0 atom stereocenters. The predicted molar refractivity (Wildman–Crippen MR) is 105 cm³/mol. The van der Waals surface area contributed by atoms with Gasteiger partial charge in [0.05, 0.1) is 24.5 Å². The summed E-state index contributed by atoms with van der Waals surface area (Å²) in [6.07, 6.45) is 6.51. The largest absolute Gasteiger partial charge is 0.506 e. The SMILES string of the molecule is O=C(CN1CCN(c2ccccc2O)CC1)Nc1ccnn1C1CCCC1. The third-order valence-corrected chi connectivity index (χ3v) is 5.57. The van der Waals surface area contributed by atoms with Crippen molar-refractivity contribution in [1.29, 1.82) is 0 Å². The fraction of sp³-hybridized carbons (Fsp3) is 0.500. The Kier molecular flexibility index (Phi) is 5.29. The van der Waals surface area contributed by atoms with Crippen molar-refractivity contribution in [2.75, 3.05) is 42.9 Å². The Labute approximate surface area is 159 Å². The minimum absolute atomic E-state index is 0.00533. The van der Waals surface area contributed by atoms with E-state index in [-0.39, 0.29) is 5.91 Å². The highest BCUT2D eigenvalue weighted by atomic mass is 16.3. The van der Waals surface area contributed by atoms with Gasteiger partial charge in [-0.05, 0) is 25.0 Å². The summed E-state index contributed by atoms with van der Waals surface area (Å²) in [4.78, 5) is 16.8. The van der Waals surface area contributed by atoms with Crippen molar-refractivity contribution in [3.8, 4) is 5.75 Å². The fourth-order valence-corrected chi connectivity index (χ4v) is 4.12. The second-order valence-electron chi connectivity index (χ2n) is 7.40. The minimum Gasteiger partial charge on any atom is -0.506 e. The first-order valence-electron chi connectivity index (χ1n) is 9.79. The van der Waals surface area contributed by atoms with Gasteiger partial charge in [-0.25, -0.2) is 4.68 Å². The van der Waals surface area contributed by atoms with Gasteiger partial charge in [-0.2, -0.15) is 5.10 Å². The number of nitrogens with zero attached hydrogens (tertiary/aromatic N) is 4. The molecule has 1 aliphatic carbocycles. The van der Waals surface area contributed by atoms with Crippen molar-refractivity contribution < 1.29 is 9.90 Å². The van der Waals surface area contributed by atoms with Gasteiger partial charge < -0.3 is 15.3 Å². The van der Waals surface area contributed by atoms with Crippen LogP contribution in [-0.2, 0) is 4.79 Å². The molecule has 2 aliphatic rings. The molecule has 2 fully saturated rings. The number of hydrogen-bond donors (Lipinski definition) is 2. The van der Waals surface area contributed by atoms with Crippen molar-refractivity contribution in [3.63, 3.8) is 0 Å². The van der Waals surface area contributed by atoms with Crippen LogP contribution in [0.1, 0.15) is 31.7 Å². The molecule has 2 N–H and O–H groups in total. The number of carbonyl (C=O) groups excluding carboxylic acids is 1. The van der Waals surface area contributed by atoms with E-state index in [4.69, 9.17) is 0 Å². The lowest BCUT2D eigenvalue weighted by Crippen LogP contribution is -2.48. The van der Waals surface area contributed by atoms with Crippen LogP contribution in [0.5, 0.6) is 5.75 Å². The van der Waals surface area contributed by atoms with Gasteiger partial charge in [0, 0.05) is 32.2 Å². The zero-order chi connectivity index (χ0) is 18.6. The number of phenolic OH excluding ortho intramolecular Hbond substituents is 1. The number of carbonyl (C=O) groups is 1. The highest BCUT2D eigenvalue weighted by Gasteiger charge is 2.23. The first-order chi connectivity index (χ1) is 13.2. The van der Waals surface area contributed by atoms with Gasteiger partial charge in [-0.1, -0.05) is 25.0 Å². The zero-order valence-electron chi connectivity index (χ0n) is 15.5. The van der Waals surface area contributed by atoms with Crippen LogP contribution in [0.4, 0.5) is 11.5 Å². The molecule has 2 aromatic rings. The van der Waals surface area contributed by atoms with Crippen LogP contribution >= 0.6 is 0 Å². The van der Waals surface area contributed by atoms with Crippen molar-refractivity contribution in [2.45, 2.75) is 31.7 Å². The number of phenols is 1. The van der Waals surface area contributed by atoms with Crippen LogP contribution in [0.25, 0.3) is 0 Å². The van der Waals surface area contributed by atoms with E-state index in [0.717, 1.165) is 50.5 Å². The number of aromatic nitrogens is 2. The maximum Gasteiger partial charge on any atom is 0.239 e. The molecule has 1 aromatic carbocycles. The lowest BCUT2D eigenvalue weighted by atomic mass is 10.2. The second-order valence-corrected chi connectivity index (χ2v) is 7.40. The summed E-state index contributed by atoms with van der Waals surface area (Å²) in [5.41, 5.74) is 0.863. The molecule has 1 aromatic heterocycles. The molecule has 1 saturated carbocycles. The van der Waals surface area contributed by atoms with Crippen LogP contribution in [0.15, 0.2) is 36.5 Å². The van der Waals surface area contributed by atoms with Gasteiger partial charge in [-0.15, -0.1) is 0 Å². The number of anilines is 2. The summed E-state index contributed by atoms with van der Waals surface area (Å²) in [7, 11) is 0. The summed E-state index contributed by atoms with van der Waals surface area (Å²) in [5.74, 6) is 1.12. The smallest absolute Gasteiger partial charge is 0.239 e. The Bertz CT molecular complexity index is 776. The molecule has 27 heavy (non-hydrogen) atoms. The van der Waals surface area contributed by atoms with Crippen LogP contribution in [0, 0.1) is 0 Å². The third kappa shape index (κ3) is 4.08. The predicted octanol–water partition coefficient (Wildman–Crippen LogP) is 2.46. The molecule has 0 bridgehead atoms. The molecule has 144 valence electrons. The molecule has 7 heteroatoms. The molecule has 0 radical (unpaired) electrons. The van der Waals surface area contributed by atoms with Gasteiger partial charge in [0.15, 0.2) is 0 Å². The number of aromatic hydroxyl groups is 1. The Morgan fingerprint density at radius 2 is 1.85 bits per heavy atom. The van der Waals surface area contributed by atoms with E-state index in [1.807, 2.05) is 28.9 Å². The van der Waals surface area contributed by atoms with E-state index < -0.39 is 0 Å². The Balaban J connectivity index is 1.29. The Morgan fingerprint density at radius 1 is 1.11 bits per heavy atom. The molecule has 0 spiro atoms. The fourth-order valence-electron chi connectivity index (χ4n) is 4.12. The number of hydrogen-bond acceptors (Lipinski definition) is 5. The maximum atomic E-state index is 12.5. The van der Waals surface area contributed by atoms with Gasteiger partial charge in [-0.3, -0.25) is 9.69 Å². The molecule has 1 amide bonds. The van der Waals surface area contributed by atoms with E-state index in [2.05, 4.69) is 20.2 Å². The van der Waals surface area contributed by atoms with E-state index in [1.54, 1.807) is 12.3 Å². The summed E-state index contributed by atoms with van der Waals surface area (Å²) in [5, 5.41) is 17.4. The average Bonchev–Trinajstić information content (AvgIpc) is 3.34. The van der Waals surface area contributed by atoms with Crippen LogP contribution < -0.4 is 10.2 Å². The summed E-state index contributed by atoms with van der Waals surface area (Å²) in [6.45, 7) is 3.56. The van der Waals surface area contributed by atoms with Crippen LogP contribution in [0.2, 0.25) is 0 Å². The molecule has 7 nitrogen and oxygen atoms in total. The van der Waals surface area contributed by atoms with E-state index in [0.29, 0.717) is 18.3 Å². The Hall–Kier alpha value is -2.54. The monoisotopic (exact) mass is 369 g/mol. The first-order valence-corrected chi connectivity index (χ1v) is 9.79. The zero-order valence-corrected chi connectivity index (χ0v) is 15.5. The lowest BCUT2D eigenvalue weighted by Gasteiger charge is -2.35. The maximum absolute atomic E-state index is 12.5. The van der Waals surface area contributed by atoms with Crippen molar-refractivity contribution in [3.05, 3.63) is 36.5 Å². The number of benzene rings is 1. The molecule has 0 unspecified atom stereocenters. The minimum atomic E-state index is 0.00533. The molecule has 2 heterocycles. The molecular weight excluding hydrogens is 342 g/mol. The third-order valence-electron chi connectivity index (χ3n) is 5.57. The van der Waals surface area contributed by atoms with Crippen molar-refractivity contribution in [1.82, 2.24) is 14.7 Å². The quantitative estimate of drug-likeness (QED) is 0.847. The second kappa shape index (κ2) is 8.00. The van der Waals surface area contributed by atoms with E-state index in [9.17, 15) is 9.90 Å². The number of nitrogens with one attached hydrogen (secondary N) is 1. The van der Waals surface area contributed by atoms with Crippen LogP contribution in [-0.4, -0.2) is 58.4 Å². The Morgan fingerprint density at radius 3 is 2.59 bits per heavy atom. The van der Waals surface area contributed by atoms with Gasteiger partial charge in [0.2, 0.25) is 5.91 Å². The highest BCUT2D eigenvalue weighted by molar-refractivity contribution is 5.91. The number of para-hydroxylation sites is 2. The summed E-state index contributed by atoms with van der Waals surface area (Å²) < 4.78 is 1.97. The number of rotatable bonds is 5. The van der Waals surface area contributed by atoms with Crippen molar-refractivity contribution in [2.24, 2.45) is 0 Å². The summed E-state index contributed by atoms with van der Waals surface area (Å²) in [6, 6.07) is 9.70.